The van der Waals surface area contributed by atoms with Gasteiger partial charge in [-0.15, -0.1) is 0 Å². The Bertz CT molecular complexity index is 519. The van der Waals surface area contributed by atoms with Crippen molar-refractivity contribution in [1.29, 1.82) is 0 Å². The molecule has 0 spiro atoms. The molecule has 0 saturated heterocycles. The molecule has 2 rings (SSSR count). The highest BCUT2D eigenvalue weighted by Gasteiger charge is 2.39. The van der Waals surface area contributed by atoms with E-state index in [-0.39, 0.29) is 17.7 Å². The van der Waals surface area contributed by atoms with E-state index in [1.165, 1.54) is 0 Å². The zero-order chi connectivity index (χ0) is 15.5. The van der Waals surface area contributed by atoms with Crippen molar-refractivity contribution >= 4 is 17.6 Å². The van der Waals surface area contributed by atoms with E-state index in [1.807, 2.05) is 31.1 Å². The molecule has 0 heterocycles. The van der Waals surface area contributed by atoms with Crippen molar-refractivity contribution in [1.82, 2.24) is 5.32 Å². The molecule has 1 amide bonds. The lowest BCUT2D eigenvalue weighted by Gasteiger charge is -2.40. The van der Waals surface area contributed by atoms with Crippen molar-refractivity contribution in [3.8, 4) is 0 Å². The fourth-order valence-electron chi connectivity index (χ4n) is 2.69. The zero-order valence-corrected chi connectivity index (χ0v) is 12.6. The van der Waals surface area contributed by atoms with Crippen LogP contribution in [0.2, 0.25) is 0 Å². The molecule has 1 aliphatic carbocycles. The maximum Gasteiger partial charge on any atom is 0.303 e. The van der Waals surface area contributed by atoms with Gasteiger partial charge in [-0.05, 0) is 42.5 Å². The predicted octanol–water partition coefficient (Wildman–Crippen LogP) is 2.13. The third kappa shape index (κ3) is 3.74. The van der Waals surface area contributed by atoms with Gasteiger partial charge < -0.3 is 15.3 Å². The van der Waals surface area contributed by atoms with Crippen molar-refractivity contribution in [2.45, 2.75) is 25.7 Å². The number of rotatable bonds is 6. The van der Waals surface area contributed by atoms with E-state index in [9.17, 15) is 9.59 Å². The normalized spacial score (nSPS) is 15.9. The summed E-state index contributed by atoms with van der Waals surface area (Å²) in [7, 11) is 3.89. The number of carbonyl (C=O) groups excluding carboxylic acids is 1. The van der Waals surface area contributed by atoms with Crippen LogP contribution in [0.1, 0.15) is 36.0 Å². The smallest absolute Gasteiger partial charge is 0.303 e. The molecule has 0 atom stereocenters. The topological polar surface area (TPSA) is 69.6 Å². The average molecular weight is 290 g/mol. The fraction of sp³-hybridized carbons (Fsp3) is 0.500. The largest absolute Gasteiger partial charge is 0.481 e. The molecule has 0 unspecified atom stereocenters. The van der Waals surface area contributed by atoms with Gasteiger partial charge in [-0.2, -0.15) is 0 Å². The summed E-state index contributed by atoms with van der Waals surface area (Å²) in [5, 5.41) is 11.8. The van der Waals surface area contributed by atoms with E-state index in [2.05, 4.69) is 5.32 Å². The number of nitrogens with one attached hydrogen (secondary N) is 1. The van der Waals surface area contributed by atoms with Gasteiger partial charge in [-0.3, -0.25) is 9.59 Å². The van der Waals surface area contributed by atoms with E-state index in [0.717, 1.165) is 24.9 Å². The Morgan fingerprint density at radius 3 is 2.29 bits per heavy atom. The van der Waals surface area contributed by atoms with E-state index in [1.54, 1.807) is 12.1 Å². The first kappa shape index (κ1) is 15.4. The number of benzene rings is 1. The summed E-state index contributed by atoms with van der Waals surface area (Å²) in [6.45, 7) is 0.438. The van der Waals surface area contributed by atoms with Crippen molar-refractivity contribution in [2.24, 2.45) is 5.41 Å². The molecule has 0 bridgehead atoms. The molecule has 0 radical (unpaired) electrons. The summed E-state index contributed by atoms with van der Waals surface area (Å²) in [4.78, 5) is 25.0. The van der Waals surface area contributed by atoms with Crippen LogP contribution in [-0.2, 0) is 4.79 Å². The maximum absolute atomic E-state index is 12.1. The maximum atomic E-state index is 12.1. The van der Waals surface area contributed by atoms with Crippen LogP contribution in [0.3, 0.4) is 0 Å². The number of amides is 1. The predicted molar refractivity (Wildman–Crippen MR) is 81.6 cm³/mol. The molecule has 1 aromatic carbocycles. The fourth-order valence-corrected chi connectivity index (χ4v) is 2.69. The summed E-state index contributed by atoms with van der Waals surface area (Å²) >= 11 is 0. The van der Waals surface area contributed by atoms with E-state index < -0.39 is 5.97 Å². The number of carboxylic acid groups (broad SMARTS) is 1. The van der Waals surface area contributed by atoms with Crippen LogP contribution < -0.4 is 10.2 Å². The second kappa shape index (κ2) is 6.16. The molecule has 0 aromatic heterocycles. The summed E-state index contributed by atoms with van der Waals surface area (Å²) < 4.78 is 0. The number of carboxylic acids is 1. The first-order valence-corrected chi connectivity index (χ1v) is 7.19. The van der Waals surface area contributed by atoms with Crippen molar-refractivity contribution in [2.75, 3.05) is 25.5 Å². The second-order valence-electron chi connectivity index (χ2n) is 6.05. The Balaban J connectivity index is 1.93. The van der Waals surface area contributed by atoms with Crippen molar-refractivity contribution in [3.63, 3.8) is 0 Å². The molecule has 5 heteroatoms. The van der Waals surface area contributed by atoms with Crippen molar-refractivity contribution < 1.29 is 14.7 Å². The molecule has 114 valence electrons. The van der Waals surface area contributed by atoms with Crippen LogP contribution in [0.5, 0.6) is 0 Å². The second-order valence-corrected chi connectivity index (χ2v) is 6.05. The standard InChI is InChI=1S/C16H22N2O3/c1-18(2)13-6-4-12(5-7-13)15(21)17-11-16(8-3-9-16)10-14(19)20/h4-7H,3,8-11H2,1-2H3,(H,17,21)(H,19,20). The molecule has 21 heavy (non-hydrogen) atoms. The third-order valence-corrected chi connectivity index (χ3v) is 4.21. The minimum atomic E-state index is -0.792. The molecular formula is C16H22N2O3. The molecule has 1 saturated carbocycles. The number of anilines is 1. The Morgan fingerprint density at radius 1 is 1.24 bits per heavy atom. The van der Waals surface area contributed by atoms with Crippen LogP contribution in [0.25, 0.3) is 0 Å². The molecular weight excluding hydrogens is 268 g/mol. The minimum absolute atomic E-state index is 0.132. The Morgan fingerprint density at radius 2 is 1.86 bits per heavy atom. The van der Waals surface area contributed by atoms with Crippen LogP contribution in [0.4, 0.5) is 5.69 Å². The number of hydrogen-bond acceptors (Lipinski definition) is 3. The first-order valence-electron chi connectivity index (χ1n) is 7.19. The van der Waals surface area contributed by atoms with Gasteiger partial charge in [0.05, 0.1) is 6.42 Å². The van der Waals surface area contributed by atoms with Gasteiger partial charge in [0.1, 0.15) is 0 Å². The van der Waals surface area contributed by atoms with Gasteiger partial charge in [0.25, 0.3) is 5.91 Å². The first-order chi connectivity index (χ1) is 9.92. The summed E-state index contributed by atoms with van der Waals surface area (Å²) in [5.41, 5.74) is 1.39. The SMILES string of the molecule is CN(C)c1ccc(C(=O)NCC2(CC(=O)O)CCC2)cc1. The molecule has 1 aromatic rings. The van der Waals surface area contributed by atoms with Crippen LogP contribution in [-0.4, -0.2) is 37.6 Å². The summed E-state index contributed by atoms with van der Waals surface area (Å²) in [6, 6.07) is 7.36. The van der Waals surface area contributed by atoms with Gasteiger partial charge in [0.2, 0.25) is 0 Å². The Labute approximate surface area is 125 Å². The lowest BCUT2D eigenvalue weighted by Crippen LogP contribution is -2.43. The molecule has 5 nitrogen and oxygen atoms in total. The monoisotopic (exact) mass is 290 g/mol. The summed E-state index contributed by atoms with van der Waals surface area (Å²) in [6.07, 6.45) is 2.92. The quantitative estimate of drug-likeness (QED) is 0.842. The van der Waals surface area contributed by atoms with Gasteiger partial charge in [0.15, 0.2) is 0 Å². The minimum Gasteiger partial charge on any atom is -0.481 e. The van der Waals surface area contributed by atoms with Gasteiger partial charge in [-0.1, -0.05) is 6.42 Å². The Hall–Kier alpha value is -2.04. The molecule has 0 aliphatic heterocycles. The van der Waals surface area contributed by atoms with Crippen LogP contribution >= 0.6 is 0 Å². The van der Waals surface area contributed by atoms with E-state index in [4.69, 9.17) is 5.11 Å². The van der Waals surface area contributed by atoms with Gasteiger partial charge in [-0.25, -0.2) is 0 Å². The summed E-state index contributed by atoms with van der Waals surface area (Å²) in [5.74, 6) is -0.934. The lowest BCUT2D eigenvalue weighted by molar-refractivity contribution is -0.141. The van der Waals surface area contributed by atoms with E-state index in [0.29, 0.717) is 12.1 Å². The Kier molecular flexibility index (Phi) is 4.50. The highest BCUT2D eigenvalue weighted by molar-refractivity contribution is 5.94. The number of nitrogens with zero attached hydrogens (tertiary/aromatic N) is 1. The zero-order valence-electron chi connectivity index (χ0n) is 12.6. The molecule has 1 aliphatic rings. The van der Waals surface area contributed by atoms with Gasteiger partial charge >= 0.3 is 5.97 Å². The number of hydrogen-bond donors (Lipinski definition) is 2. The lowest BCUT2D eigenvalue weighted by atomic mass is 9.66. The molecule has 1 fully saturated rings. The van der Waals surface area contributed by atoms with Gasteiger partial charge in [0, 0.05) is 31.9 Å². The van der Waals surface area contributed by atoms with Crippen LogP contribution in [0.15, 0.2) is 24.3 Å². The molecule has 2 N–H and O–H groups in total. The average Bonchev–Trinajstić information content (AvgIpc) is 2.41. The number of carbonyl (C=O) groups is 2. The number of aliphatic carboxylic acids is 1. The van der Waals surface area contributed by atoms with Crippen molar-refractivity contribution in [3.05, 3.63) is 29.8 Å². The van der Waals surface area contributed by atoms with E-state index >= 15 is 0 Å². The van der Waals surface area contributed by atoms with Crippen LogP contribution in [0, 0.1) is 5.41 Å². The highest BCUT2D eigenvalue weighted by atomic mass is 16.4. The highest BCUT2D eigenvalue weighted by Crippen LogP contribution is 2.43. The third-order valence-electron chi connectivity index (χ3n) is 4.21.